The molecule has 0 aromatic carbocycles. The van der Waals surface area contributed by atoms with Crippen LogP contribution in [0.3, 0.4) is 0 Å². The summed E-state index contributed by atoms with van der Waals surface area (Å²) in [6.45, 7) is 0. The Labute approximate surface area is 86.4 Å². The molecule has 3 heteroatoms. The molecule has 0 aromatic heterocycles. The van der Waals surface area contributed by atoms with E-state index in [1.165, 1.54) is 12.2 Å². The highest BCUT2D eigenvalue weighted by molar-refractivity contribution is 6.03. The lowest BCUT2D eigenvalue weighted by Crippen LogP contribution is -2.12. The van der Waals surface area contributed by atoms with E-state index in [1.54, 1.807) is 18.2 Å². The number of hydrogen-bond acceptors (Lipinski definition) is 3. The molecule has 15 heavy (non-hydrogen) atoms. The number of allylic oxidation sites excluding steroid dienone is 4. The van der Waals surface area contributed by atoms with E-state index in [-0.39, 0.29) is 17.7 Å². The highest BCUT2D eigenvalue weighted by Gasteiger charge is 2.33. The Morgan fingerprint density at radius 1 is 1.20 bits per heavy atom. The van der Waals surface area contributed by atoms with Crippen molar-refractivity contribution in [3.8, 4) is 0 Å². The predicted molar refractivity (Wildman–Crippen MR) is 52.9 cm³/mol. The van der Waals surface area contributed by atoms with Crippen molar-refractivity contribution in [2.24, 2.45) is 0 Å². The number of ketones is 2. The molecular weight excluding hydrogens is 192 g/mol. The molecule has 1 aliphatic heterocycles. The van der Waals surface area contributed by atoms with Gasteiger partial charge in [0.25, 0.3) is 0 Å². The van der Waals surface area contributed by atoms with Crippen LogP contribution in [0, 0.1) is 0 Å². The minimum absolute atomic E-state index is 0.0411. The molecule has 0 saturated heterocycles. The van der Waals surface area contributed by atoms with Crippen LogP contribution in [0.2, 0.25) is 0 Å². The number of ether oxygens (including phenoxy) is 1. The molecule has 0 fully saturated rings. The molecule has 0 amide bonds. The zero-order chi connectivity index (χ0) is 10.4. The second kappa shape index (κ2) is 2.79. The molecule has 2 aliphatic carbocycles. The van der Waals surface area contributed by atoms with Crippen molar-refractivity contribution in [2.75, 3.05) is 0 Å². The number of carbonyl (C=O) groups excluding carboxylic acids is 2. The fourth-order valence-corrected chi connectivity index (χ4v) is 2.01. The Morgan fingerprint density at radius 2 is 2.07 bits per heavy atom. The van der Waals surface area contributed by atoms with Gasteiger partial charge in [0.1, 0.15) is 11.9 Å². The smallest absolute Gasteiger partial charge is 0.178 e. The van der Waals surface area contributed by atoms with Crippen LogP contribution in [0.15, 0.2) is 47.3 Å². The van der Waals surface area contributed by atoms with Crippen LogP contribution < -0.4 is 0 Å². The van der Waals surface area contributed by atoms with Gasteiger partial charge in [-0.25, -0.2) is 0 Å². The Balaban J connectivity index is 2.07. The molecule has 0 N–H and O–H groups in total. The van der Waals surface area contributed by atoms with Crippen molar-refractivity contribution < 1.29 is 14.3 Å². The van der Waals surface area contributed by atoms with Gasteiger partial charge in [-0.05, 0) is 30.4 Å². The van der Waals surface area contributed by atoms with Gasteiger partial charge < -0.3 is 4.74 Å². The maximum atomic E-state index is 11.3. The summed E-state index contributed by atoms with van der Waals surface area (Å²) in [6.07, 6.45) is 8.14. The first-order chi connectivity index (χ1) is 7.24. The molecule has 74 valence electrons. The van der Waals surface area contributed by atoms with Gasteiger partial charge in [0, 0.05) is 17.6 Å². The Morgan fingerprint density at radius 3 is 2.93 bits per heavy atom. The first-order valence-electron chi connectivity index (χ1n) is 4.79. The van der Waals surface area contributed by atoms with E-state index < -0.39 is 0 Å². The molecule has 0 saturated carbocycles. The molecule has 1 atom stereocenters. The molecule has 1 unspecified atom stereocenters. The van der Waals surface area contributed by atoms with Crippen molar-refractivity contribution in [2.45, 2.75) is 12.5 Å². The monoisotopic (exact) mass is 200 g/mol. The largest absolute Gasteiger partial charge is 0.481 e. The lowest BCUT2D eigenvalue weighted by atomic mass is 9.91. The van der Waals surface area contributed by atoms with Crippen molar-refractivity contribution >= 4 is 11.6 Å². The van der Waals surface area contributed by atoms with Gasteiger partial charge in [-0.3, -0.25) is 9.59 Å². The lowest BCUT2D eigenvalue weighted by Gasteiger charge is -2.11. The standard InChI is InChI=1S/C12H8O3/c13-7-1-3-11-9(5-7)10-6-8(14)2-4-12(10)15-11/h1-5,11H,6H2. The zero-order valence-electron chi connectivity index (χ0n) is 7.90. The van der Waals surface area contributed by atoms with E-state index in [1.807, 2.05) is 0 Å². The average molecular weight is 200 g/mol. The highest BCUT2D eigenvalue weighted by atomic mass is 16.5. The van der Waals surface area contributed by atoms with Crippen LogP contribution in [0.1, 0.15) is 6.42 Å². The summed E-state index contributed by atoms with van der Waals surface area (Å²) >= 11 is 0. The summed E-state index contributed by atoms with van der Waals surface area (Å²) in [6, 6.07) is 0. The second-order valence-corrected chi connectivity index (χ2v) is 3.72. The fourth-order valence-electron chi connectivity index (χ4n) is 2.01. The first-order valence-corrected chi connectivity index (χ1v) is 4.79. The van der Waals surface area contributed by atoms with Gasteiger partial charge in [0.05, 0.1) is 0 Å². The maximum Gasteiger partial charge on any atom is 0.178 e. The number of carbonyl (C=O) groups is 2. The fraction of sp³-hybridized carbons (Fsp3) is 0.167. The number of fused-ring (bicyclic) bond motifs is 2. The van der Waals surface area contributed by atoms with Gasteiger partial charge >= 0.3 is 0 Å². The summed E-state index contributed by atoms with van der Waals surface area (Å²) in [5, 5.41) is 0. The Hall–Kier alpha value is -1.90. The zero-order valence-corrected chi connectivity index (χ0v) is 7.90. The van der Waals surface area contributed by atoms with Crippen LogP contribution in [0.25, 0.3) is 0 Å². The summed E-state index contributed by atoms with van der Waals surface area (Å²) < 4.78 is 5.60. The molecule has 0 bridgehead atoms. The Kier molecular flexibility index (Phi) is 1.57. The summed E-state index contributed by atoms with van der Waals surface area (Å²) in [7, 11) is 0. The van der Waals surface area contributed by atoms with E-state index in [9.17, 15) is 9.59 Å². The molecular formula is C12H8O3. The van der Waals surface area contributed by atoms with Gasteiger partial charge in [-0.1, -0.05) is 0 Å². The third-order valence-corrected chi connectivity index (χ3v) is 2.71. The molecule has 3 rings (SSSR count). The lowest BCUT2D eigenvalue weighted by molar-refractivity contribution is -0.114. The van der Waals surface area contributed by atoms with Crippen molar-refractivity contribution in [3.63, 3.8) is 0 Å². The van der Waals surface area contributed by atoms with Crippen LogP contribution in [-0.4, -0.2) is 17.7 Å². The minimum atomic E-state index is -0.178. The SMILES string of the molecule is O=C1C=CC2OC3=C(CC(=O)C=C3)C2=C1. The quantitative estimate of drug-likeness (QED) is 0.590. The van der Waals surface area contributed by atoms with Crippen molar-refractivity contribution in [3.05, 3.63) is 47.3 Å². The molecule has 3 nitrogen and oxygen atoms in total. The third-order valence-electron chi connectivity index (χ3n) is 2.71. The highest BCUT2D eigenvalue weighted by Crippen LogP contribution is 2.37. The van der Waals surface area contributed by atoms with Crippen molar-refractivity contribution in [1.82, 2.24) is 0 Å². The summed E-state index contributed by atoms with van der Waals surface area (Å²) in [5.74, 6) is 0.742. The minimum Gasteiger partial charge on any atom is -0.481 e. The molecule has 3 aliphatic rings. The molecule has 1 heterocycles. The molecule has 0 spiro atoms. The van der Waals surface area contributed by atoms with E-state index in [4.69, 9.17) is 4.74 Å². The van der Waals surface area contributed by atoms with E-state index in [0.717, 1.165) is 16.9 Å². The van der Waals surface area contributed by atoms with E-state index >= 15 is 0 Å². The van der Waals surface area contributed by atoms with Crippen molar-refractivity contribution in [1.29, 1.82) is 0 Å². The van der Waals surface area contributed by atoms with Gasteiger partial charge in [-0.15, -0.1) is 0 Å². The van der Waals surface area contributed by atoms with Gasteiger partial charge in [0.15, 0.2) is 11.6 Å². The van der Waals surface area contributed by atoms with Gasteiger partial charge in [0.2, 0.25) is 0 Å². The van der Waals surface area contributed by atoms with Gasteiger partial charge in [-0.2, -0.15) is 0 Å². The normalized spacial score (nSPS) is 27.5. The Bertz CT molecular complexity index is 489. The van der Waals surface area contributed by atoms with Crippen LogP contribution >= 0.6 is 0 Å². The first kappa shape index (κ1) is 8.41. The predicted octanol–water partition coefficient (Wildman–Crippen LogP) is 1.23. The van der Waals surface area contributed by atoms with Crippen LogP contribution in [0.5, 0.6) is 0 Å². The molecule has 0 aromatic rings. The van der Waals surface area contributed by atoms with Crippen LogP contribution in [-0.2, 0) is 14.3 Å². The second-order valence-electron chi connectivity index (χ2n) is 3.72. The van der Waals surface area contributed by atoms with E-state index in [2.05, 4.69) is 0 Å². The third kappa shape index (κ3) is 1.20. The number of rotatable bonds is 0. The average Bonchev–Trinajstić information content (AvgIpc) is 2.56. The summed E-state index contributed by atoms with van der Waals surface area (Å²) in [4.78, 5) is 22.5. The number of hydrogen-bond donors (Lipinski definition) is 0. The topological polar surface area (TPSA) is 43.4 Å². The molecule has 0 radical (unpaired) electrons. The maximum absolute atomic E-state index is 11.3. The van der Waals surface area contributed by atoms with E-state index in [0.29, 0.717) is 6.42 Å². The summed E-state index contributed by atoms with van der Waals surface area (Å²) in [5.41, 5.74) is 1.71. The van der Waals surface area contributed by atoms with Crippen LogP contribution in [0.4, 0.5) is 0 Å².